The second-order valence-electron chi connectivity index (χ2n) is 2.36. The van der Waals surface area contributed by atoms with Crippen LogP contribution >= 0.6 is 0 Å². The standard InChI is InChI=1S/C7H7NO3S/c1-12(10,11)7-4-2-6(8-9)3-5-7/h2-5H,1H3. The lowest BCUT2D eigenvalue weighted by Crippen LogP contribution is -1.95. The first-order valence-electron chi connectivity index (χ1n) is 3.17. The van der Waals surface area contributed by atoms with Gasteiger partial charge in [0.05, 0.1) is 4.90 Å². The Morgan fingerprint density at radius 1 is 1.17 bits per heavy atom. The topological polar surface area (TPSA) is 63.6 Å². The normalized spacial score (nSPS) is 11.1. The van der Waals surface area contributed by atoms with Crippen molar-refractivity contribution >= 4 is 15.5 Å². The van der Waals surface area contributed by atoms with Gasteiger partial charge in [-0.3, -0.25) is 0 Å². The van der Waals surface area contributed by atoms with E-state index in [0.717, 1.165) is 6.26 Å². The van der Waals surface area contributed by atoms with Crippen molar-refractivity contribution in [1.29, 1.82) is 0 Å². The molecule has 0 unspecified atom stereocenters. The molecule has 5 heteroatoms. The van der Waals surface area contributed by atoms with Crippen LogP contribution in [0.25, 0.3) is 0 Å². The summed E-state index contributed by atoms with van der Waals surface area (Å²) >= 11 is 0. The lowest BCUT2D eigenvalue weighted by atomic mass is 10.3. The summed E-state index contributed by atoms with van der Waals surface area (Å²) in [6.45, 7) is 0. The number of hydrogen-bond donors (Lipinski definition) is 0. The fourth-order valence-electron chi connectivity index (χ4n) is 0.754. The molecule has 12 heavy (non-hydrogen) atoms. The zero-order valence-electron chi connectivity index (χ0n) is 6.39. The van der Waals surface area contributed by atoms with Crippen LogP contribution < -0.4 is 0 Å². The molecule has 0 amide bonds. The summed E-state index contributed by atoms with van der Waals surface area (Å²) in [5.41, 5.74) is 0.224. The molecule has 1 aromatic carbocycles. The van der Waals surface area contributed by atoms with Crippen LogP contribution in [0.2, 0.25) is 0 Å². The van der Waals surface area contributed by atoms with E-state index in [-0.39, 0.29) is 10.6 Å². The van der Waals surface area contributed by atoms with Crippen LogP contribution in [0.1, 0.15) is 0 Å². The molecule has 4 nitrogen and oxygen atoms in total. The van der Waals surface area contributed by atoms with Crippen LogP contribution in [0.3, 0.4) is 0 Å². The Balaban J connectivity index is 3.17. The predicted octanol–water partition coefficient (Wildman–Crippen LogP) is 1.49. The highest BCUT2D eigenvalue weighted by atomic mass is 32.2. The van der Waals surface area contributed by atoms with Gasteiger partial charge in [0.2, 0.25) is 0 Å². The zero-order valence-corrected chi connectivity index (χ0v) is 7.21. The van der Waals surface area contributed by atoms with Crippen LogP contribution in [0.4, 0.5) is 5.69 Å². The van der Waals surface area contributed by atoms with Gasteiger partial charge in [0, 0.05) is 6.26 Å². The van der Waals surface area contributed by atoms with E-state index in [1.807, 2.05) is 0 Å². The highest BCUT2D eigenvalue weighted by Gasteiger charge is 2.05. The predicted molar refractivity (Wildman–Crippen MR) is 45.0 cm³/mol. The van der Waals surface area contributed by atoms with Crippen LogP contribution in [-0.2, 0) is 9.84 Å². The van der Waals surface area contributed by atoms with E-state index in [9.17, 15) is 13.3 Å². The molecule has 1 rings (SSSR count). The molecule has 0 fully saturated rings. The molecule has 0 atom stereocenters. The number of nitroso groups, excluding NO2 is 1. The second-order valence-corrected chi connectivity index (χ2v) is 4.37. The van der Waals surface area contributed by atoms with E-state index in [1.54, 1.807) is 0 Å². The van der Waals surface area contributed by atoms with Crippen molar-refractivity contribution in [3.05, 3.63) is 29.2 Å². The quantitative estimate of drug-likeness (QED) is 0.655. The summed E-state index contributed by atoms with van der Waals surface area (Å²) in [7, 11) is -3.17. The van der Waals surface area contributed by atoms with Crippen molar-refractivity contribution < 1.29 is 8.42 Å². The maximum absolute atomic E-state index is 10.9. The third kappa shape index (κ3) is 1.88. The average Bonchev–Trinajstić information content (AvgIpc) is 2.03. The van der Waals surface area contributed by atoms with Gasteiger partial charge in [-0.15, -0.1) is 4.91 Å². The summed E-state index contributed by atoms with van der Waals surface area (Å²) in [6, 6.07) is 5.44. The number of benzene rings is 1. The largest absolute Gasteiger partial charge is 0.224 e. The van der Waals surface area contributed by atoms with Crippen LogP contribution in [-0.4, -0.2) is 14.7 Å². The third-order valence-corrected chi connectivity index (χ3v) is 2.50. The third-order valence-electron chi connectivity index (χ3n) is 1.37. The fourth-order valence-corrected chi connectivity index (χ4v) is 1.38. The fraction of sp³-hybridized carbons (Fsp3) is 0.143. The molecular formula is C7H7NO3S. The molecule has 0 heterocycles. The Bertz CT molecular complexity index is 380. The Hall–Kier alpha value is -1.23. The highest BCUT2D eigenvalue weighted by Crippen LogP contribution is 2.15. The summed E-state index contributed by atoms with van der Waals surface area (Å²) < 4.78 is 21.8. The first kappa shape index (κ1) is 8.86. The molecule has 0 aliphatic carbocycles. The van der Waals surface area contributed by atoms with Gasteiger partial charge in [-0.1, -0.05) is 0 Å². The molecule has 0 aliphatic heterocycles. The molecule has 1 aromatic rings. The van der Waals surface area contributed by atoms with Crippen LogP contribution in [0.5, 0.6) is 0 Å². The zero-order chi connectivity index (χ0) is 9.19. The van der Waals surface area contributed by atoms with Crippen LogP contribution in [0.15, 0.2) is 34.3 Å². The van der Waals surface area contributed by atoms with Crippen molar-refractivity contribution in [3.8, 4) is 0 Å². The van der Waals surface area contributed by atoms with Crippen molar-refractivity contribution in [2.24, 2.45) is 5.18 Å². The minimum atomic E-state index is -3.17. The molecule has 0 aromatic heterocycles. The van der Waals surface area contributed by atoms with E-state index >= 15 is 0 Å². The van der Waals surface area contributed by atoms with Gasteiger partial charge in [-0.25, -0.2) is 8.42 Å². The maximum Gasteiger partial charge on any atom is 0.175 e. The molecule has 0 saturated heterocycles. The van der Waals surface area contributed by atoms with Gasteiger partial charge >= 0.3 is 0 Å². The first-order chi connectivity index (χ1) is 5.54. The highest BCUT2D eigenvalue weighted by molar-refractivity contribution is 7.90. The Kier molecular flexibility index (Phi) is 2.23. The SMILES string of the molecule is CS(=O)(=O)c1ccc(N=O)cc1. The Labute approximate surface area is 70.1 Å². The monoisotopic (exact) mass is 185 g/mol. The number of sulfone groups is 1. The van der Waals surface area contributed by atoms with Gasteiger partial charge in [0.25, 0.3) is 0 Å². The number of hydrogen-bond acceptors (Lipinski definition) is 4. The molecule has 0 saturated carbocycles. The Morgan fingerprint density at radius 2 is 1.67 bits per heavy atom. The van der Waals surface area contributed by atoms with Gasteiger partial charge in [0.15, 0.2) is 9.84 Å². The number of nitrogens with zero attached hydrogens (tertiary/aromatic N) is 1. The van der Waals surface area contributed by atoms with Crippen molar-refractivity contribution in [1.82, 2.24) is 0 Å². The second kappa shape index (κ2) is 3.02. The summed E-state index contributed by atoms with van der Waals surface area (Å²) in [4.78, 5) is 10.2. The molecule has 0 spiro atoms. The summed E-state index contributed by atoms with van der Waals surface area (Å²) in [6.07, 6.45) is 1.11. The molecule has 0 bridgehead atoms. The summed E-state index contributed by atoms with van der Waals surface area (Å²) in [5.74, 6) is 0. The minimum Gasteiger partial charge on any atom is -0.224 e. The average molecular weight is 185 g/mol. The lowest BCUT2D eigenvalue weighted by molar-refractivity contribution is 0.602. The number of rotatable bonds is 2. The van der Waals surface area contributed by atoms with E-state index in [1.165, 1.54) is 24.3 Å². The van der Waals surface area contributed by atoms with Gasteiger partial charge in [-0.05, 0) is 29.4 Å². The molecule has 0 radical (unpaired) electrons. The van der Waals surface area contributed by atoms with E-state index in [2.05, 4.69) is 5.18 Å². The first-order valence-corrected chi connectivity index (χ1v) is 5.06. The van der Waals surface area contributed by atoms with Crippen molar-refractivity contribution in [2.45, 2.75) is 4.90 Å². The van der Waals surface area contributed by atoms with Gasteiger partial charge in [-0.2, -0.15) is 0 Å². The van der Waals surface area contributed by atoms with E-state index in [0.29, 0.717) is 0 Å². The molecular weight excluding hydrogens is 178 g/mol. The molecule has 0 N–H and O–H groups in total. The van der Waals surface area contributed by atoms with Gasteiger partial charge < -0.3 is 0 Å². The molecule has 64 valence electrons. The lowest BCUT2D eigenvalue weighted by Gasteiger charge is -1.95. The minimum absolute atomic E-state index is 0.190. The summed E-state index contributed by atoms with van der Waals surface area (Å²) in [5, 5.41) is 2.65. The smallest absolute Gasteiger partial charge is 0.175 e. The van der Waals surface area contributed by atoms with E-state index in [4.69, 9.17) is 0 Å². The van der Waals surface area contributed by atoms with Crippen molar-refractivity contribution in [2.75, 3.05) is 6.26 Å². The van der Waals surface area contributed by atoms with Gasteiger partial charge in [0.1, 0.15) is 5.69 Å². The maximum atomic E-state index is 10.9. The Morgan fingerprint density at radius 3 is 2.00 bits per heavy atom. The molecule has 0 aliphatic rings. The van der Waals surface area contributed by atoms with E-state index < -0.39 is 9.84 Å². The van der Waals surface area contributed by atoms with Crippen molar-refractivity contribution in [3.63, 3.8) is 0 Å². The van der Waals surface area contributed by atoms with Crippen LogP contribution in [0, 0.1) is 4.91 Å².